The molecule has 0 radical (unpaired) electrons. The largest absolute Gasteiger partial charge is 0.314 e. The Morgan fingerprint density at radius 2 is 2.05 bits per heavy atom. The highest BCUT2D eigenvalue weighted by atomic mass is 16.1. The van der Waals surface area contributed by atoms with Crippen molar-refractivity contribution in [3.8, 4) is 6.07 Å². The van der Waals surface area contributed by atoms with Crippen LogP contribution in [0.3, 0.4) is 0 Å². The van der Waals surface area contributed by atoms with Gasteiger partial charge in [-0.2, -0.15) is 14.8 Å². The van der Waals surface area contributed by atoms with E-state index in [1.165, 1.54) is 4.52 Å². The lowest BCUT2D eigenvalue weighted by Gasteiger charge is -2.14. The van der Waals surface area contributed by atoms with Crippen LogP contribution < -0.4 is 10.5 Å². The van der Waals surface area contributed by atoms with Gasteiger partial charge in [0, 0.05) is 12.7 Å². The van der Waals surface area contributed by atoms with Gasteiger partial charge in [-0.25, -0.2) is 0 Å². The summed E-state index contributed by atoms with van der Waals surface area (Å²) in [4.78, 5) is 18.5. The van der Waals surface area contributed by atoms with Crippen molar-refractivity contribution in [3.05, 3.63) is 57.9 Å². The van der Waals surface area contributed by atoms with Gasteiger partial charge in [-0.3, -0.25) is 9.89 Å². The number of rotatable bonds is 2. The van der Waals surface area contributed by atoms with Crippen LogP contribution in [0.4, 0.5) is 11.6 Å². The van der Waals surface area contributed by atoms with Crippen LogP contribution in [0.1, 0.15) is 11.1 Å². The summed E-state index contributed by atoms with van der Waals surface area (Å²) in [6, 6.07) is 13.3. The molecule has 0 bridgehead atoms. The van der Waals surface area contributed by atoms with E-state index < -0.39 is 0 Å². The van der Waals surface area contributed by atoms with Crippen LogP contribution in [0.15, 0.2) is 41.2 Å². The molecule has 3 rings (SSSR count). The quantitative estimate of drug-likeness (QED) is 0.778. The highest BCUT2D eigenvalue weighted by molar-refractivity contribution is 5.59. The average Bonchev–Trinajstić information content (AvgIpc) is 2.92. The minimum Gasteiger partial charge on any atom is -0.314 e. The molecule has 0 saturated heterocycles. The van der Waals surface area contributed by atoms with Crippen molar-refractivity contribution in [2.75, 3.05) is 11.9 Å². The van der Waals surface area contributed by atoms with Crippen molar-refractivity contribution in [2.45, 2.75) is 6.92 Å². The number of para-hydroxylation sites is 1. The standard InChI is InChI=1S/C15H13N5O/c1-10-8-13-17-15(18-20(13)14(21)12(10)9-16)19(2)11-6-4-3-5-7-11/h3-8H,1-2H3,(H,17,18). The molecule has 0 aliphatic rings. The summed E-state index contributed by atoms with van der Waals surface area (Å²) < 4.78 is 1.29. The predicted octanol–water partition coefficient (Wildman–Crippen LogP) is 1.97. The molecule has 0 fully saturated rings. The maximum absolute atomic E-state index is 12.2. The van der Waals surface area contributed by atoms with Crippen LogP contribution in [0, 0.1) is 18.3 Å². The zero-order chi connectivity index (χ0) is 15.0. The molecular weight excluding hydrogens is 266 g/mol. The highest BCUT2D eigenvalue weighted by Crippen LogP contribution is 2.20. The second-order valence-electron chi connectivity index (χ2n) is 4.75. The van der Waals surface area contributed by atoms with E-state index in [2.05, 4.69) is 10.1 Å². The molecule has 6 heteroatoms. The molecule has 0 spiro atoms. The van der Waals surface area contributed by atoms with E-state index in [9.17, 15) is 4.79 Å². The van der Waals surface area contributed by atoms with Gasteiger partial charge in [-0.05, 0) is 30.7 Å². The van der Waals surface area contributed by atoms with Crippen LogP contribution in [-0.4, -0.2) is 21.6 Å². The molecular formula is C15H13N5O. The minimum absolute atomic E-state index is 0.130. The summed E-state index contributed by atoms with van der Waals surface area (Å²) in [5.41, 5.74) is 1.82. The van der Waals surface area contributed by atoms with Gasteiger partial charge in [0.1, 0.15) is 11.6 Å². The third-order valence-corrected chi connectivity index (χ3v) is 3.39. The lowest BCUT2D eigenvalue weighted by atomic mass is 10.2. The number of pyridine rings is 1. The third-order valence-electron chi connectivity index (χ3n) is 3.39. The summed E-state index contributed by atoms with van der Waals surface area (Å²) in [5.74, 6) is 0.535. The second-order valence-corrected chi connectivity index (χ2v) is 4.75. The normalized spacial score (nSPS) is 10.5. The zero-order valence-corrected chi connectivity index (χ0v) is 11.7. The Morgan fingerprint density at radius 3 is 2.71 bits per heavy atom. The van der Waals surface area contributed by atoms with Crippen LogP contribution in [0.5, 0.6) is 0 Å². The first kappa shape index (κ1) is 12.9. The summed E-state index contributed by atoms with van der Waals surface area (Å²) in [7, 11) is 1.86. The van der Waals surface area contributed by atoms with Crippen LogP contribution in [0.2, 0.25) is 0 Å². The van der Waals surface area contributed by atoms with E-state index in [4.69, 9.17) is 5.26 Å². The summed E-state index contributed by atoms with van der Waals surface area (Å²) in [6.07, 6.45) is 0. The van der Waals surface area contributed by atoms with Crippen molar-refractivity contribution in [2.24, 2.45) is 0 Å². The number of hydrogen-bond acceptors (Lipinski definition) is 4. The van der Waals surface area contributed by atoms with E-state index in [1.54, 1.807) is 13.0 Å². The van der Waals surface area contributed by atoms with Gasteiger partial charge in [0.15, 0.2) is 5.65 Å². The number of H-pyrrole nitrogens is 1. The van der Waals surface area contributed by atoms with Crippen LogP contribution in [0.25, 0.3) is 5.65 Å². The number of hydrogen-bond donors (Lipinski definition) is 1. The maximum Gasteiger partial charge on any atom is 0.289 e. The fraction of sp³-hybridized carbons (Fsp3) is 0.133. The monoisotopic (exact) mass is 279 g/mol. The number of aromatic amines is 1. The van der Waals surface area contributed by atoms with Gasteiger partial charge in [0.25, 0.3) is 5.56 Å². The number of anilines is 2. The number of nitriles is 1. The van der Waals surface area contributed by atoms with Crippen molar-refractivity contribution >= 4 is 17.3 Å². The summed E-state index contributed by atoms with van der Waals surface area (Å²) in [5, 5.41) is 12.0. The van der Waals surface area contributed by atoms with Crippen molar-refractivity contribution in [1.82, 2.24) is 14.6 Å². The first-order chi connectivity index (χ1) is 10.1. The van der Waals surface area contributed by atoms with Crippen LogP contribution in [-0.2, 0) is 0 Å². The van der Waals surface area contributed by atoms with Gasteiger partial charge in [0.05, 0.1) is 0 Å². The predicted molar refractivity (Wildman–Crippen MR) is 79.8 cm³/mol. The van der Waals surface area contributed by atoms with Gasteiger partial charge < -0.3 is 4.90 Å². The molecule has 3 aromatic rings. The number of nitrogens with one attached hydrogen (secondary N) is 1. The summed E-state index contributed by atoms with van der Waals surface area (Å²) in [6.45, 7) is 1.73. The molecule has 0 atom stereocenters. The molecule has 1 N–H and O–H groups in total. The van der Waals surface area contributed by atoms with Gasteiger partial charge in [-0.15, -0.1) is 0 Å². The average molecular weight is 279 g/mol. The Kier molecular flexibility index (Phi) is 2.95. The fourth-order valence-electron chi connectivity index (χ4n) is 2.20. The zero-order valence-electron chi connectivity index (χ0n) is 11.7. The van der Waals surface area contributed by atoms with Crippen molar-refractivity contribution in [1.29, 1.82) is 5.26 Å². The second kappa shape index (κ2) is 4.80. The number of fused-ring (bicyclic) bond motifs is 1. The van der Waals surface area contributed by atoms with E-state index in [0.29, 0.717) is 17.2 Å². The lowest BCUT2D eigenvalue weighted by molar-refractivity contribution is 0.899. The highest BCUT2D eigenvalue weighted by Gasteiger charge is 2.13. The molecule has 104 valence electrons. The first-order valence-corrected chi connectivity index (χ1v) is 6.43. The summed E-state index contributed by atoms with van der Waals surface area (Å²) >= 11 is 0. The molecule has 0 saturated carbocycles. The van der Waals surface area contributed by atoms with Crippen molar-refractivity contribution in [3.63, 3.8) is 0 Å². The SMILES string of the molecule is Cc1cc2nc(N(C)c3ccccc3)[nH]n2c(=O)c1C#N. The van der Waals surface area contributed by atoms with Crippen molar-refractivity contribution < 1.29 is 0 Å². The molecule has 21 heavy (non-hydrogen) atoms. The molecule has 0 aliphatic heterocycles. The van der Waals surface area contributed by atoms with Gasteiger partial charge in [-0.1, -0.05) is 18.2 Å². The Bertz CT molecular complexity index is 901. The molecule has 0 unspecified atom stereocenters. The molecule has 2 aromatic heterocycles. The molecule has 2 heterocycles. The van der Waals surface area contributed by atoms with Crippen LogP contribution >= 0.6 is 0 Å². The Balaban J connectivity index is 2.17. The van der Waals surface area contributed by atoms with Gasteiger partial charge in [0.2, 0.25) is 5.95 Å². The number of nitrogens with zero attached hydrogens (tertiary/aromatic N) is 4. The Hall–Kier alpha value is -3.07. The smallest absolute Gasteiger partial charge is 0.289 e. The van der Waals surface area contributed by atoms with E-state index >= 15 is 0 Å². The first-order valence-electron chi connectivity index (χ1n) is 6.43. The topological polar surface area (TPSA) is 77.2 Å². The van der Waals surface area contributed by atoms with E-state index in [1.807, 2.05) is 48.3 Å². The molecule has 6 nitrogen and oxygen atoms in total. The number of aromatic nitrogens is 3. The number of benzene rings is 1. The van der Waals surface area contributed by atoms with E-state index in [-0.39, 0.29) is 11.1 Å². The number of aryl methyl sites for hydroxylation is 1. The minimum atomic E-state index is -0.382. The Labute approximate surface area is 120 Å². The third kappa shape index (κ3) is 2.05. The molecule has 0 aliphatic carbocycles. The fourth-order valence-corrected chi connectivity index (χ4v) is 2.20. The molecule has 0 amide bonds. The van der Waals surface area contributed by atoms with Gasteiger partial charge >= 0.3 is 0 Å². The lowest BCUT2D eigenvalue weighted by Crippen LogP contribution is -2.19. The molecule has 1 aromatic carbocycles. The Morgan fingerprint density at radius 1 is 1.33 bits per heavy atom. The van der Waals surface area contributed by atoms with E-state index in [0.717, 1.165) is 5.69 Å². The maximum atomic E-state index is 12.2.